The smallest absolute Gasteiger partial charge is 0.412 e. The fraction of sp³-hybridized carbons (Fsp3) is 0.300. The Bertz CT molecular complexity index is 419. The number of hydrogen-bond donors (Lipinski definition) is 1. The Hall–Kier alpha value is -1.23. The van der Waals surface area contributed by atoms with E-state index in [0.717, 1.165) is 10.0 Å². The predicted octanol–water partition coefficient (Wildman–Crippen LogP) is 2.63. The lowest BCUT2D eigenvalue weighted by Crippen LogP contribution is -2.36. The first kappa shape index (κ1) is 10.3. The van der Waals surface area contributed by atoms with Crippen LogP contribution < -0.4 is 9.64 Å². The van der Waals surface area contributed by atoms with Gasteiger partial charge in [0.2, 0.25) is 0 Å². The van der Waals surface area contributed by atoms with Crippen LogP contribution in [0.4, 0.5) is 10.5 Å². The molecule has 5 heteroatoms. The standard InChI is InChI=1S/C10H10BrNO3/c1-6-4-7(11)9-8(5-6)12(10(13)14)2-3-15-9/h4-5H,2-3H2,1H3,(H,13,14). The van der Waals surface area contributed by atoms with Crippen molar-refractivity contribution < 1.29 is 14.6 Å². The highest BCUT2D eigenvalue weighted by Gasteiger charge is 2.25. The minimum atomic E-state index is -0.947. The summed E-state index contributed by atoms with van der Waals surface area (Å²) < 4.78 is 6.23. The minimum absolute atomic E-state index is 0.373. The van der Waals surface area contributed by atoms with Gasteiger partial charge < -0.3 is 9.84 Å². The van der Waals surface area contributed by atoms with Gasteiger partial charge in [-0.15, -0.1) is 0 Å². The molecule has 0 bridgehead atoms. The van der Waals surface area contributed by atoms with Gasteiger partial charge in [-0.05, 0) is 40.5 Å². The van der Waals surface area contributed by atoms with E-state index in [9.17, 15) is 4.79 Å². The Morgan fingerprint density at radius 2 is 2.33 bits per heavy atom. The van der Waals surface area contributed by atoms with E-state index in [1.54, 1.807) is 0 Å². The number of carbonyl (C=O) groups is 1. The van der Waals surface area contributed by atoms with Crippen LogP contribution in [0.1, 0.15) is 5.56 Å². The van der Waals surface area contributed by atoms with E-state index < -0.39 is 6.09 Å². The van der Waals surface area contributed by atoms with Crippen LogP contribution in [0.2, 0.25) is 0 Å². The maximum atomic E-state index is 11.0. The zero-order valence-electron chi connectivity index (χ0n) is 8.16. The fourth-order valence-corrected chi connectivity index (χ4v) is 2.29. The maximum Gasteiger partial charge on any atom is 0.412 e. The summed E-state index contributed by atoms with van der Waals surface area (Å²) in [5.41, 5.74) is 1.61. The average molecular weight is 272 g/mol. The summed E-state index contributed by atoms with van der Waals surface area (Å²) >= 11 is 3.36. The van der Waals surface area contributed by atoms with E-state index in [1.807, 2.05) is 19.1 Å². The summed E-state index contributed by atoms with van der Waals surface area (Å²) in [5, 5.41) is 9.02. The first-order valence-electron chi connectivity index (χ1n) is 4.53. The molecular formula is C10H10BrNO3. The summed E-state index contributed by atoms with van der Waals surface area (Å²) in [4.78, 5) is 12.3. The Morgan fingerprint density at radius 1 is 1.60 bits per heavy atom. The molecule has 0 fully saturated rings. The van der Waals surface area contributed by atoms with Crippen LogP contribution in [0.25, 0.3) is 0 Å². The molecule has 1 aromatic rings. The van der Waals surface area contributed by atoms with Crippen LogP contribution >= 0.6 is 15.9 Å². The second-order valence-corrected chi connectivity index (χ2v) is 4.23. The van der Waals surface area contributed by atoms with Gasteiger partial charge in [0.05, 0.1) is 16.7 Å². The number of rotatable bonds is 0. The number of ether oxygens (including phenoxy) is 1. The summed E-state index contributed by atoms with van der Waals surface area (Å²) in [6, 6.07) is 3.72. The number of halogens is 1. The van der Waals surface area contributed by atoms with Crippen LogP contribution in [0.3, 0.4) is 0 Å². The number of benzene rings is 1. The van der Waals surface area contributed by atoms with Gasteiger partial charge in [0.25, 0.3) is 0 Å². The molecule has 0 spiro atoms. The minimum Gasteiger partial charge on any atom is -0.488 e. The highest BCUT2D eigenvalue weighted by Crippen LogP contribution is 2.39. The third kappa shape index (κ3) is 1.79. The third-order valence-electron chi connectivity index (χ3n) is 2.25. The Labute approximate surface area is 95.6 Å². The summed E-state index contributed by atoms with van der Waals surface area (Å²) in [5.74, 6) is 0.606. The van der Waals surface area contributed by atoms with Crippen LogP contribution in [0.5, 0.6) is 5.75 Å². The average Bonchev–Trinajstić information content (AvgIpc) is 2.16. The largest absolute Gasteiger partial charge is 0.488 e. The van der Waals surface area contributed by atoms with Crippen molar-refractivity contribution >= 4 is 27.7 Å². The first-order chi connectivity index (χ1) is 7.09. The highest BCUT2D eigenvalue weighted by atomic mass is 79.9. The summed E-state index contributed by atoms with van der Waals surface area (Å²) in [6.45, 7) is 2.68. The first-order valence-corrected chi connectivity index (χ1v) is 5.32. The third-order valence-corrected chi connectivity index (χ3v) is 2.84. The molecule has 0 atom stereocenters. The molecule has 0 unspecified atom stereocenters. The van der Waals surface area contributed by atoms with Crippen LogP contribution in [0.15, 0.2) is 16.6 Å². The number of nitrogens with zero attached hydrogens (tertiary/aromatic N) is 1. The van der Waals surface area contributed by atoms with Gasteiger partial charge in [-0.1, -0.05) is 0 Å². The molecule has 0 saturated carbocycles. The van der Waals surface area contributed by atoms with Gasteiger partial charge in [0, 0.05) is 0 Å². The lowest BCUT2D eigenvalue weighted by Gasteiger charge is -2.28. The van der Waals surface area contributed by atoms with Gasteiger partial charge in [0.15, 0.2) is 5.75 Å². The number of amides is 1. The molecule has 0 aliphatic carbocycles. The van der Waals surface area contributed by atoms with Crippen molar-refractivity contribution in [2.45, 2.75) is 6.92 Å². The molecule has 0 radical (unpaired) electrons. The van der Waals surface area contributed by atoms with E-state index in [-0.39, 0.29) is 0 Å². The maximum absolute atomic E-state index is 11.0. The van der Waals surface area contributed by atoms with Gasteiger partial charge in [0.1, 0.15) is 6.61 Å². The van der Waals surface area contributed by atoms with Gasteiger partial charge >= 0.3 is 6.09 Å². The van der Waals surface area contributed by atoms with Crippen LogP contribution in [-0.2, 0) is 0 Å². The molecule has 1 aliphatic rings. The quantitative estimate of drug-likeness (QED) is 0.789. The number of fused-ring (bicyclic) bond motifs is 1. The Kier molecular flexibility index (Phi) is 2.56. The summed E-state index contributed by atoms with van der Waals surface area (Å²) in [7, 11) is 0. The SMILES string of the molecule is Cc1cc(Br)c2c(c1)N(C(=O)O)CCO2. The molecule has 0 aromatic heterocycles. The Morgan fingerprint density at radius 3 is 3.00 bits per heavy atom. The monoisotopic (exact) mass is 271 g/mol. The molecular weight excluding hydrogens is 262 g/mol. The second kappa shape index (κ2) is 3.73. The number of aryl methyl sites for hydroxylation is 1. The molecule has 0 saturated heterocycles. The fourth-order valence-electron chi connectivity index (χ4n) is 1.61. The molecule has 1 heterocycles. The molecule has 80 valence electrons. The molecule has 1 aromatic carbocycles. The molecule has 1 aliphatic heterocycles. The molecule has 15 heavy (non-hydrogen) atoms. The lowest BCUT2D eigenvalue weighted by molar-refractivity contribution is 0.196. The Balaban J connectivity index is 2.55. The van der Waals surface area contributed by atoms with E-state index in [1.165, 1.54) is 4.90 Å². The second-order valence-electron chi connectivity index (χ2n) is 3.38. The van der Waals surface area contributed by atoms with Crippen molar-refractivity contribution in [2.24, 2.45) is 0 Å². The number of anilines is 1. The molecule has 4 nitrogen and oxygen atoms in total. The van der Waals surface area contributed by atoms with Crippen molar-refractivity contribution in [2.75, 3.05) is 18.1 Å². The zero-order chi connectivity index (χ0) is 11.0. The normalized spacial score (nSPS) is 14.4. The van der Waals surface area contributed by atoms with Crippen molar-refractivity contribution in [3.05, 3.63) is 22.2 Å². The molecule has 2 rings (SSSR count). The van der Waals surface area contributed by atoms with Gasteiger partial charge in [-0.25, -0.2) is 4.79 Å². The predicted molar refractivity (Wildman–Crippen MR) is 59.7 cm³/mol. The molecule has 1 N–H and O–H groups in total. The van der Waals surface area contributed by atoms with Crippen LogP contribution in [-0.4, -0.2) is 24.4 Å². The van der Waals surface area contributed by atoms with Gasteiger partial charge in [-0.3, -0.25) is 4.90 Å². The van der Waals surface area contributed by atoms with Crippen LogP contribution in [0, 0.1) is 6.92 Å². The van der Waals surface area contributed by atoms with E-state index in [0.29, 0.717) is 24.6 Å². The van der Waals surface area contributed by atoms with Crippen molar-refractivity contribution in [1.29, 1.82) is 0 Å². The van der Waals surface area contributed by atoms with Crippen molar-refractivity contribution in [3.63, 3.8) is 0 Å². The summed E-state index contributed by atoms with van der Waals surface area (Å²) in [6.07, 6.45) is -0.947. The van der Waals surface area contributed by atoms with E-state index in [2.05, 4.69) is 15.9 Å². The zero-order valence-corrected chi connectivity index (χ0v) is 9.74. The van der Waals surface area contributed by atoms with Crippen molar-refractivity contribution in [3.8, 4) is 5.75 Å². The highest BCUT2D eigenvalue weighted by molar-refractivity contribution is 9.10. The van der Waals surface area contributed by atoms with Gasteiger partial charge in [-0.2, -0.15) is 0 Å². The van der Waals surface area contributed by atoms with E-state index >= 15 is 0 Å². The topological polar surface area (TPSA) is 49.8 Å². The number of hydrogen-bond acceptors (Lipinski definition) is 2. The lowest BCUT2D eigenvalue weighted by atomic mass is 10.2. The van der Waals surface area contributed by atoms with E-state index in [4.69, 9.17) is 9.84 Å². The number of carboxylic acid groups (broad SMARTS) is 1. The molecule has 1 amide bonds. The van der Waals surface area contributed by atoms with Crippen molar-refractivity contribution in [1.82, 2.24) is 0 Å².